The van der Waals surface area contributed by atoms with E-state index in [4.69, 9.17) is 0 Å². The summed E-state index contributed by atoms with van der Waals surface area (Å²) >= 11 is 1.74. The molecule has 1 atom stereocenters. The topological polar surface area (TPSA) is 17.1 Å². The molecule has 19 heavy (non-hydrogen) atoms. The number of fused-ring (bicyclic) bond motifs is 1. The minimum atomic E-state index is -0.283. The molecular weight excluding hydrogens is 259 g/mol. The molecule has 1 unspecified atom stereocenters. The molecule has 1 aromatic carbocycles. The summed E-state index contributed by atoms with van der Waals surface area (Å²) in [5, 5.41) is 2.06. The lowest BCUT2D eigenvalue weighted by Gasteiger charge is -2.22. The minimum Gasteiger partial charge on any atom is -0.293 e. The van der Waals surface area contributed by atoms with E-state index in [1.54, 1.807) is 24.3 Å². The summed E-state index contributed by atoms with van der Waals surface area (Å²) < 4.78 is 13.1. The maximum Gasteiger partial charge on any atom is 0.170 e. The molecule has 1 aliphatic carbocycles. The van der Waals surface area contributed by atoms with Gasteiger partial charge in [0, 0.05) is 16.4 Å². The van der Waals surface area contributed by atoms with Gasteiger partial charge in [0.15, 0.2) is 5.78 Å². The number of carbonyl (C=O) groups excluding carboxylic acids is 1. The van der Waals surface area contributed by atoms with Gasteiger partial charge in [-0.25, -0.2) is 4.39 Å². The molecular formula is C16H15FOS. The molecule has 3 rings (SSSR count). The number of aryl methyl sites for hydroxylation is 2. The monoisotopic (exact) mass is 274 g/mol. The smallest absolute Gasteiger partial charge is 0.170 e. The van der Waals surface area contributed by atoms with Crippen molar-refractivity contribution in [3.05, 3.63) is 57.0 Å². The Bertz CT molecular complexity index is 629. The van der Waals surface area contributed by atoms with Crippen LogP contribution in [0.3, 0.4) is 0 Å². The Kier molecular flexibility index (Phi) is 3.23. The normalized spacial score (nSPS) is 18.1. The summed E-state index contributed by atoms with van der Waals surface area (Å²) in [5.74, 6) is -0.190. The van der Waals surface area contributed by atoms with Crippen LogP contribution in [0.4, 0.5) is 4.39 Å². The van der Waals surface area contributed by atoms with Gasteiger partial charge in [-0.15, -0.1) is 11.3 Å². The van der Waals surface area contributed by atoms with E-state index in [1.807, 2.05) is 0 Å². The van der Waals surface area contributed by atoms with Crippen molar-refractivity contribution < 1.29 is 9.18 Å². The fourth-order valence-electron chi connectivity index (χ4n) is 2.85. The van der Waals surface area contributed by atoms with Crippen molar-refractivity contribution in [3.63, 3.8) is 0 Å². The van der Waals surface area contributed by atoms with Crippen LogP contribution >= 0.6 is 11.3 Å². The summed E-state index contributed by atoms with van der Waals surface area (Å²) in [6.45, 7) is 1.80. The van der Waals surface area contributed by atoms with Crippen molar-refractivity contribution in [2.24, 2.45) is 0 Å². The Morgan fingerprint density at radius 3 is 3.00 bits per heavy atom. The molecule has 0 N–H and O–H groups in total. The van der Waals surface area contributed by atoms with E-state index in [0.717, 1.165) is 24.8 Å². The third kappa shape index (κ3) is 2.23. The van der Waals surface area contributed by atoms with Crippen LogP contribution in [-0.2, 0) is 6.42 Å². The number of Topliss-reactive ketones (excluding diaryl/α,β-unsaturated/α-hetero) is 1. The van der Waals surface area contributed by atoms with E-state index in [0.29, 0.717) is 5.56 Å². The zero-order valence-corrected chi connectivity index (χ0v) is 11.6. The molecule has 1 aliphatic rings. The van der Waals surface area contributed by atoms with Gasteiger partial charge in [0.05, 0.1) is 0 Å². The summed E-state index contributed by atoms with van der Waals surface area (Å²) in [5.41, 5.74) is 2.57. The number of halogens is 1. The summed E-state index contributed by atoms with van der Waals surface area (Å²) in [6.07, 6.45) is 3.04. The second-order valence-electron chi connectivity index (χ2n) is 5.07. The quantitative estimate of drug-likeness (QED) is 0.737. The van der Waals surface area contributed by atoms with Crippen LogP contribution in [0.1, 0.15) is 45.1 Å². The third-order valence-electron chi connectivity index (χ3n) is 3.82. The molecule has 0 bridgehead atoms. The van der Waals surface area contributed by atoms with E-state index >= 15 is 0 Å². The van der Waals surface area contributed by atoms with E-state index in [1.165, 1.54) is 22.6 Å². The van der Waals surface area contributed by atoms with Gasteiger partial charge in [-0.2, -0.15) is 0 Å². The summed E-state index contributed by atoms with van der Waals surface area (Å²) in [6, 6.07) is 6.50. The van der Waals surface area contributed by atoms with Crippen LogP contribution in [0.25, 0.3) is 0 Å². The Morgan fingerprint density at radius 2 is 2.21 bits per heavy atom. The first-order valence-electron chi connectivity index (χ1n) is 6.53. The van der Waals surface area contributed by atoms with Gasteiger partial charge >= 0.3 is 0 Å². The van der Waals surface area contributed by atoms with Gasteiger partial charge in [-0.1, -0.05) is 0 Å². The predicted octanol–water partition coefficient (Wildman–Crippen LogP) is 4.50. The Balaban J connectivity index is 1.98. The average Bonchev–Trinajstić information content (AvgIpc) is 2.86. The number of hydrogen-bond acceptors (Lipinski definition) is 2. The average molecular weight is 274 g/mol. The van der Waals surface area contributed by atoms with Gasteiger partial charge in [0.2, 0.25) is 0 Å². The fourth-order valence-corrected chi connectivity index (χ4v) is 3.84. The van der Waals surface area contributed by atoms with Gasteiger partial charge in [0.1, 0.15) is 5.82 Å². The maximum atomic E-state index is 13.1. The number of carbonyl (C=O) groups is 1. The lowest BCUT2D eigenvalue weighted by atomic mass is 9.81. The number of hydrogen-bond donors (Lipinski definition) is 0. The first kappa shape index (κ1) is 12.5. The molecule has 0 saturated heterocycles. The number of thiophene rings is 1. The molecule has 0 saturated carbocycles. The predicted molar refractivity (Wildman–Crippen MR) is 75.5 cm³/mol. The molecule has 0 aliphatic heterocycles. The first-order chi connectivity index (χ1) is 9.16. The van der Waals surface area contributed by atoms with Crippen LogP contribution in [0.2, 0.25) is 0 Å². The zero-order valence-electron chi connectivity index (χ0n) is 10.8. The molecule has 2 aromatic rings. The Morgan fingerprint density at radius 1 is 1.37 bits per heavy atom. The van der Waals surface area contributed by atoms with Crippen LogP contribution in [-0.4, -0.2) is 5.78 Å². The maximum absolute atomic E-state index is 13.1. The lowest BCUT2D eigenvalue weighted by molar-refractivity contribution is 0.0950. The molecule has 0 amide bonds. The van der Waals surface area contributed by atoms with Crippen molar-refractivity contribution in [3.8, 4) is 0 Å². The molecule has 0 fully saturated rings. The second-order valence-corrected chi connectivity index (χ2v) is 6.07. The highest BCUT2D eigenvalue weighted by atomic mass is 32.1. The summed E-state index contributed by atoms with van der Waals surface area (Å²) in [4.78, 5) is 14.0. The van der Waals surface area contributed by atoms with Crippen LogP contribution in [0, 0.1) is 12.7 Å². The molecule has 98 valence electrons. The third-order valence-corrected chi connectivity index (χ3v) is 4.82. The minimum absolute atomic E-state index is 0.0424. The number of rotatable bonds is 2. The van der Waals surface area contributed by atoms with Crippen molar-refractivity contribution >= 4 is 17.1 Å². The molecule has 0 radical (unpaired) electrons. The largest absolute Gasteiger partial charge is 0.293 e. The van der Waals surface area contributed by atoms with Gasteiger partial charge < -0.3 is 0 Å². The van der Waals surface area contributed by atoms with Gasteiger partial charge in [-0.3, -0.25) is 4.79 Å². The second kappa shape index (κ2) is 4.89. The van der Waals surface area contributed by atoms with E-state index < -0.39 is 0 Å². The molecule has 1 nitrogen and oxygen atoms in total. The van der Waals surface area contributed by atoms with Gasteiger partial charge in [0.25, 0.3) is 0 Å². The van der Waals surface area contributed by atoms with Crippen molar-refractivity contribution in [2.45, 2.75) is 32.1 Å². The number of benzene rings is 1. The van der Waals surface area contributed by atoms with E-state index in [-0.39, 0.29) is 17.5 Å². The van der Waals surface area contributed by atoms with Gasteiger partial charge in [-0.05, 0) is 67.0 Å². The van der Waals surface area contributed by atoms with Crippen LogP contribution in [0.15, 0.2) is 29.6 Å². The van der Waals surface area contributed by atoms with Crippen molar-refractivity contribution in [2.75, 3.05) is 0 Å². The molecule has 1 aromatic heterocycles. The number of ketones is 1. The highest BCUT2D eigenvalue weighted by Gasteiger charge is 2.28. The lowest BCUT2D eigenvalue weighted by Crippen LogP contribution is -2.18. The van der Waals surface area contributed by atoms with E-state index in [2.05, 4.69) is 11.4 Å². The molecule has 3 heteroatoms. The zero-order chi connectivity index (χ0) is 13.4. The Labute approximate surface area is 116 Å². The standard InChI is InChI=1S/C16H15FOS/c1-10-9-11(17)5-6-12(10)16(18)14-3-2-4-15-13(14)7-8-19-15/h5-9,14H,2-4H2,1H3. The molecule has 1 heterocycles. The van der Waals surface area contributed by atoms with Crippen LogP contribution < -0.4 is 0 Å². The highest BCUT2D eigenvalue weighted by Crippen LogP contribution is 2.37. The highest BCUT2D eigenvalue weighted by molar-refractivity contribution is 7.10. The fraction of sp³-hybridized carbons (Fsp3) is 0.312. The SMILES string of the molecule is Cc1cc(F)ccc1C(=O)C1CCCc2sccc21. The summed E-state index contributed by atoms with van der Waals surface area (Å²) in [7, 11) is 0. The van der Waals surface area contributed by atoms with Crippen LogP contribution in [0.5, 0.6) is 0 Å². The van der Waals surface area contributed by atoms with Crippen molar-refractivity contribution in [1.82, 2.24) is 0 Å². The van der Waals surface area contributed by atoms with E-state index in [9.17, 15) is 9.18 Å². The first-order valence-corrected chi connectivity index (χ1v) is 7.41. The Hall–Kier alpha value is -1.48. The van der Waals surface area contributed by atoms with Crippen molar-refractivity contribution in [1.29, 1.82) is 0 Å². The molecule has 0 spiro atoms.